The van der Waals surface area contributed by atoms with Gasteiger partial charge in [0.25, 0.3) is 0 Å². The Labute approximate surface area is 115 Å². The first-order valence-corrected chi connectivity index (χ1v) is 7.51. The van der Waals surface area contributed by atoms with E-state index in [0.29, 0.717) is 12.8 Å². The maximum Gasteiger partial charge on any atom is 0.332 e. The topological polar surface area (TPSA) is 92.7 Å². The Kier molecular flexibility index (Phi) is 4.36. The highest BCUT2D eigenvalue weighted by Gasteiger charge is 2.31. The van der Waals surface area contributed by atoms with Crippen LogP contribution in [0, 0.1) is 5.82 Å². The molecule has 6 nitrogen and oxygen atoms in total. The molecule has 1 heterocycles. The van der Waals surface area contributed by atoms with Crippen LogP contribution < -0.4 is 4.72 Å². The standard InChI is InChI=1S/C12H14FNO5S/c13-9-3-1-2-4-11(9)20(17,18)14-7-8-5-6-10(19-8)12(15)16/h1-4,8,10,14H,5-7H2,(H,15,16). The molecule has 2 N–H and O–H groups in total. The summed E-state index contributed by atoms with van der Waals surface area (Å²) in [6, 6.07) is 5.03. The first-order valence-electron chi connectivity index (χ1n) is 6.02. The maximum atomic E-state index is 13.4. The first kappa shape index (κ1) is 14.9. The zero-order chi connectivity index (χ0) is 14.8. The Morgan fingerprint density at radius 1 is 1.40 bits per heavy atom. The number of ether oxygens (including phenoxy) is 1. The zero-order valence-corrected chi connectivity index (χ0v) is 11.3. The molecule has 0 aromatic heterocycles. The number of nitrogens with one attached hydrogen (secondary N) is 1. The molecular formula is C12H14FNO5S. The normalized spacial score (nSPS) is 22.9. The molecule has 2 rings (SSSR count). The molecule has 0 spiro atoms. The number of halogens is 1. The molecule has 0 radical (unpaired) electrons. The molecule has 0 bridgehead atoms. The molecule has 1 aliphatic heterocycles. The van der Waals surface area contributed by atoms with Crippen LogP contribution in [0.2, 0.25) is 0 Å². The first-order chi connectivity index (χ1) is 9.40. The van der Waals surface area contributed by atoms with Crippen molar-refractivity contribution in [2.24, 2.45) is 0 Å². The van der Waals surface area contributed by atoms with Crippen molar-refractivity contribution >= 4 is 16.0 Å². The SMILES string of the molecule is O=C(O)C1CCC(CNS(=O)(=O)c2ccccc2F)O1. The number of carbonyl (C=O) groups is 1. The molecule has 20 heavy (non-hydrogen) atoms. The van der Waals surface area contributed by atoms with E-state index in [1.54, 1.807) is 0 Å². The largest absolute Gasteiger partial charge is 0.479 e. The second kappa shape index (κ2) is 5.86. The molecule has 1 aromatic carbocycles. The predicted octanol–water partition coefficient (Wildman–Crippen LogP) is 0.736. The van der Waals surface area contributed by atoms with Crippen LogP contribution in [0.5, 0.6) is 0 Å². The molecule has 110 valence electrons. The number of benzene rings is 1. The fourth-order valence-corrected chi connectivity index (χ4v) is 3.12. The van der Waals surface area contributed by atoms with E-state index in [-0.39, 0.29) is 6.54 Å². The van der Waals surface area contributed by atoms with E-state index in [1.165, 1.54) is 12.1 Å². The Morgan fingerprint density at radius 2 is 2.10 bits per heavy atom. The third kappa shape index (κ3) is 3.33. The summed E-state index contributed by atoms with van der Waals surface area (Å²) in [5.41, 5.74) is 0. The summed E-state index contributed by atoms with van der Waals surface area (Å²) in [6.45, 7) is -0.0829. The minimum atomic E-state index is -3.97. The summed E-state index contributed by atoms with van der Waals surface area (Å²) in [5, 5.41) is 8.76. The van der Waals surface area contributed by atoms with Crippen molar-refractivity contribution in [1.29, 1.82) is 0 Å². The summed E-state index contributed by atoms with van der Waals surface area (Å²) in [6.07, 6.45) is -0.645. The molecule has 8 heteroatoms. The molecule has 1 aromatic rings. The van der Waals surface area contributed by atoms with Crippen molar-refractivity contribution in [3.05, 3.63) is 30.1 Å². The van der Waals surface area contributed by atoms with E-state index >= 15 is 0 Å². The van der Waals surface area contributed by atoms with Crippen molar-refractivity contribution in [1.82, 2.24) is 4.72 Å². The highest BCUT2D eigenvalue weighted by molar-refractivity contribution is 7.89. The average molecular weight is 303 g/mol. The predicted molar refractivity (Wildman–Crippen MR) is 67.1 cm³/mol. The molecule has 1 saturated heterocycles. The van der Waals surface area contributed by atoms with Gasteiger partial charge in [0, 0.05) is 6.54 Å². The Morgan fingerprint density at radius 3 is 2.70 bits per heavy atom. The van der Waals surface area contributed by atoms with Gasteiger partial charge >= 0.3 is 5.97 Å². The van der Waals surface area contributed by atoms with Crippen molar-refractivity contribution in [3.63, 3.8) is 0 Å². The summed E-state index contributed by atoms with van der Waals surface area (Å²) in [4.78, 5) is 10.3. The van der Waals surface area contributed by atoms with Crippen molar-refractivity contribution < 1.29 is 27.4 Å². The lowest BCUT2D eigenvalue weighted by Gasteiger charge is -2.13. The van der Waals surface area contributed by atoms with Crippen LogP contribution >= 0.6 is 0 Å². The van der Waals surface area contributed by atoms with Crippen molar-refractivity contribution in [2.75, 3.05) is 6.54 Å². The van der Waals surface area contributed by atoms with Gasteiger partial charge in [0.05, 0.1) is 6.10 Å². The van der Waals surface area contributed by atoms with E-state index in [4.69, 9.17) is 9.84 Å². The van der Waals surface area contributed by atoms with Gasteiger partial charge in [-0.15, -0.1) is 0 Å². The van der Waals surface area contributed by atoms with E-state index < -0.39 is 38.9 Å². The molecule has 0 saturated carbocycles. The number of sulfonamides is 1. The lowest BCUT2D eigenvalue weighted by Crippen LogP contribution is -2.33. The van der Waals surface area contributed by atoms with Gasteiger partial charge in [0.15, 0.2) is 6.10 Å². The van der Waals surface area contributed by atoms with Gasteiger partial charge in [-0.05, 0) is 25.0 Å². The fraction of sp³-hybridized carbons (Fsp3) is 0.417. The van der Waals surface area contributed by atoms with Crippen LogP contribution in [0.15, 0.2) is 29.2 Å². The van der Waals surface area contributed by atoms with Gasteiger partial charge in [-0.3, -0.25) is 0 Å². The highest BCUT2D eigenvalue weighted by atomic mass is 32.2. The van der Waals surface area contributed by atoms with Crippen LogP contribution in [-0.2, 0) is 19.6 Å². The minimum absolute atomic E-state index is 0.0829. The van der Waals surface area contributed by atoms with Gasteiger partial charge < -0.3 is 9.84 Å². The highest BCUT2D eigenvalue weighted by Crippen LogP contribution is 2.20. The van der Waals surface area contributed by atoms with Crippen LogP contribution in [0.25, 0.3) is 0 Å². The van der Waals surface area contributed by atoms with Crippen LogP contribution in [-0.4, -0.2) is 38.2 Å². The van der Waals surface area contributed by atoms with Gasteiger partial charge in [0.2, 0.25) is 10.0 Å². The third-order valence-electron chi connectivity index (χ3n) is 3.01. The average Bonchev–Trinajstić information content (AvgIpc) is 2.86. The third-order valence-corrected chi connectivity index (χ3v) is 4.47. The van der Waals surface area contributed by atoms with Crippen molar-refractivity contribution in [2.45, 2.75) is 29.9 Å². The minimum Gasteiger partial charge on any atom is -0.479 e. The quantitative estimate of drug-likeness (QED) is 0.837. The van der Waals surface area contributed by atoms with Gasteiger partial charge in [-0.1, -0.05) is 12.1 Å². The van der Waals surface area contributed by atoms with Crippen LogP contribution in [0.3, 0.4) is 0 Å². The number of hydrogen-bond acceptors (Lipinski definition) is 4. The van der Waals surface area contributed by atoms with E-state index in [9.17, 15) is 17.6 Å². The molecule has 0 aliphatic carbocycles. The van der Waals surface area contributed by atoms with E-state index in [1.807, 2.05) is 0 Å². The molecule has 1 fully saturated rings. The summed E-state index contributed by atoms with van der Waals surface area (Å²) in [5.74, 6) is -1.90. The monoisotopic (exact) mass is 303 g/mol. The Bertz CT molecular complexity index is 604. The fourth-order valence-electron chi connectivity index (χ4n) is 1.98. The number of carboxylic acid groups (broad SMARTS) is 1. The molecule has 1 aliphatic rings. The Hall–Kier alpha value is -1.51. The van der Waals surface area contributed by atoms with E-state index in [2.05, 4.69) is 4.72 Å². The zero-order valence-electron chi connectivity index (χ0n) is 10.5. The van der Waals surface area contributed by atoms with Crippen molar-refractivity contribution in [3.8, 4) is 0 Å². The molecule has 2 unspecified atom stereocenters. The molecule has 2 atom stereocenters. The lowest BCUT2D eigenvalue weighted by atomic mass is 10.2. The van der Waals surface area contributed by atoms with Gasteiger partial charge in [-0.2, -0.15) is 0 Å². The van der Waals surface area contributed by atoms with Gasteiger partial charge in [-0.25, -0.2) is 22.3 Å². The smallest absolute Gasteiger partial charge is 0.332 e. The second-order valence-corrected chi connectivity index (χ2v) is 6.18. The Balaban J connectivity index is 1.98. The van der Waals surface area contributed by atoms with Gasteiger partial charge in [0.1, 0.15) is 10.7 Å². The summed E-state index contributed by atoms with van der Waals surface area (Å²) < 4.78 is 44.6. The number of aliphatic carboxylic acids is 1. The molecule has 0 amide bonds. The summed E-state index contributed by atoms with van der Waals surface area (Å²) >= 11 is 0. The molecular weight excluding hydrogens is 289 g/mol. The summed E-state index contributed by atoms with van der Waals surface area (Å²) in [7, 11) is -3.97. The maximum absolute atomic E-state index is 13.4. The van der Waals surface area contributed by atoms with Crippen LogP contribution in [0.1, 0.15) is 12.8 Å². The number of hydrogen-bond donors (Lipinski definition) is 2. The number of rotatable bonds is 5. The second-order valence-electron chi connectivity index (χ2n) is 4.44. The van der Waals surface area contributed by atoms with E-state index in [0.717, 1.165) is 12.1 Å². The lowest BCUT2D eigenvalue weighted by molar-refractivity contribution is -0.149. The number of carboxylic acids is 1. The van der Waals surface area contributed by atoms with Crippen LogP contribution in [0.4, 0.5) is 4.39 Å².